The zero-order valence-electron chi connectivity index (χ0n) is 10.3. The summed E-state index contributed by atoms with van der Waals surface area (Å²) in [6, 6.07) is 14.7. The second kappa shape index (κ2) is 6.70. The lowest BCUT2D eigenvalue weighted by Gasteiger charge is -2.08. The van der Waals surface area contributed by atoms with Crippen molar-refractivity contribution >= 4 is 46.2 Å². The van der Waals surface area contributed by atoms with Crippen LogP contribution in [0.2, 0.25) is 10.0 Å². The van der Waals surface area contributed by atoms with Crippen molar-refractivity contribution in [2.24, 2.45) is 10.8 Å². The van der Waals surface area contributed by atoms with Crippen molar-refractivity contribution in [3.05, 3.63) is 69.7 Å². The molecule has 102 valence electrons. The molecule has 0 saturated heterocycles. The van der Waals surface area contributed by atoms with E-state index in [9.17, 15) is 0 Å². The first-order valence-electron chi connectivity index (χ1n) is 5.71. The molecule has 0 aliphatic carbocycles. The normalized spacial score (nSPS) is 9.90. The molecule has 0 aliphatic heterocycles. The molecule has 3 nitrogen and oxygen atoms in total. The van der Waals surface area contributed by atoms with E-state index in [2.05, 4.69) is 10.5 Å². The Bertz CT molecular complexity index is 589. The molecule has 6 heteroatoms. The van der Waals surface area contributed by atoms with Crippen LogP contribution in [-0.2, 0) is 0 Å². The summed E-state index contributed by atoms with van der Waals surface area (Å²) in [5.41, 5.74) is 10.5. The molecule has 0 atom stereocenters. The first-order valence-corrected chi connectivity index (χ1v) is 6.87. The fraction of sp³-hybridized carbons (Fsp3) is 0. The molecule has 0 amide bonds. The van der Waals surface area contributed by atoms with Crippen LogP contribution in [-0.4, -0.2) is 10.8 Å². The van der Waals surface area contributed by atoms with E-state index in [1.807, 2.05) is 24.3 Å². The minimum absolute atomic E-state index is 0.102. The summed E-state index contributed by atoms with van der Waals surface area (Å²) in [6.07, 6.45) is 0. The topological polar surface area (TPSA) is 50.4 Å². The zero-order valence-corrected chi connectivity index (χ0v) is 12.6. The third kappa shape index (κ3) is 3.93. The van der Waals surface area contributed by atoms with Gasteiger partial charge in [-0.05, 0) is 36.5 Å². The Morgan fingerprint density at radius 1 is 0.900 bits per heavy atom. The molecule has 0 bridgehead atoms. The summed E-state index contributed by atoms with van der Waals surface area (Å²) < 4.78 is 0. The van der Waals surface area contributed by atoms with E-state index >= 15 is 0 Å². The van der Waals surface area contributed by atoms with Gasteiger partial charge in [-0.2, -0.15) is 5.10 Å². The van der Waals surface area contributed by atoms with Gasteiger partial charge in [0.05, 0.1) is 5.71 Å². The SMILES string of the molecule is NC(=S)NN=C(c1ccc(Cl)cc1)c1ccc(Cl)cc1. The number of nitrogens with two attached hydrogens (primary N) is 1. The van der Waals surface area contributed by atoms with Crippen LogP contribution >= 0.6 is 35.4 Å². The van der Waals surface area contributed by atoms with Crippen LogP contribution in [0.25, 0.3) is 0 Å². The van der Waals surface area contributed by atoms with Gasteiger partial charge in [0.15, 0.2) is 5.11 Å². The van der Waals surface area contributed by atoms with Crippen molar-refractivity contribution in [2.45, 2.75) is 0 Å². The molecular formula is C14H11Cl2N3S. The highest BCUT2D eigenvalue weighted by atomic mass is 35.5. The number of nitrogens with one attached hydrogen (secondary N) is 1. The van der Waals surface area contributed by atoms with Crippen molar-refractivity contribution in [1.29, 1.82) is 0 Å². The van der Waals surface area contributed by atoms with Crippen LogP contribution in [0.15, 0.2) is 53.6 Å². The van der Waals surface area contributed by atoms with E-state index in [1.165, 1.54) is 0 Å². The van der Waals surface area contributed by atoms with Crippen molar-refractivity contribution < 1.29 is 0 Å². The van der Waals surface area contributed by atoms with Crippen LogP contribution in [0.1, 0.15) is 11.1 Å². The average Bonchev–Trinajstić information content (AvgIpc) is 2.42. The summed E-state index contributed by atoms with van der Waals surface area (Å²) in [5.74, 6) is 0. The lowest BCUT2D eigenvalue weighted by Crippen LogP contribution is -2.26. The second-order valence-corrected chi connectivity index (χ2v) is 5.26. The van der Waals surface area contributed by atoms with Gasteiger partial charge in [0, 0.05) is 21.2 Å². The molecule has 0 aromatic heterocycles. The van der Waals surface area contributed by atoms with E-state index in [1.54, 1.807) is 24.3 Å². The van der Waals surface area contributed by atoms with E-state index in [-0.39, 0.29) is 5.11 Å². The molecule has 0 spiro atoms. The number of benzene rings is 2. The first kappa shape index (κ1) is 14.8. The maximum absolute atomic E-state index is 5.90. The molecule has 2 aromatic carbocycles. The Morgan fingerprint density at radius 3 is 1.65 bits per heavy atom. The molecule has 0 aliphatic rings. The van der Waals surface area contributed by atoms with Crippen LogP contribution in [0, 0.1) is 0 Å². The summed E-state index contributed by atoms with van der Waals surface area (Å²) >= 11 is 16.6. The van der Waals surface area contributed by atoms with Gasteiger partial charge >= 0.3 is 0 Å². The minimum atomic E-state index is 0.102. The van der Waals surface area contributed by atoms with Gasteiger partial charge in [0.25, 0.3) is 0 Å². The van der Waals surface area contributed by atoms with Crippen molar-refractivity contribution in [3.8, 4) is 0 Å². The number of halogens is 2. The summed E-state index contributed by atoms with van der Waals surface area (Å²) in [6.45, 7) is 0. The van der Waals surface area contributed by atoms with Gasteiger partial charge < -0.3 is 5.73 Å². The fourth-order valence-electron chi connectivity index (χ4n) is 1.62. The van der Waals surface area contributed by atoms with Crippen LogP contribution < -0.4 is 11.2 Å². The highest BCUT2D eigenvalue weighted by Crippen LogP contribution is 2.16. The first-order chi connectivity index (χ1) is 9.56. The van der Waals surface area contributed by atoms with Crippen molar-refractivity contribution in [2.75, 3.05) is 0 Å². The predicted octanol–water partition coefficient (Wildman–Crippen LogP) is 3.58. The molecule has 0 saturated carbocycles. The zero-order chi connectivity index (χ0) is 14.5. The van der Waals surface area contributed by atoms with Crippen molar-refractivity contribution in [3.63, 3.8) is 0 Å². The second-order valence-electron chi connectivity index (χ2n) is 3.95. The fourth-order valence-corrected chi connectivity index (χ4v) is 1.92. The van der Waals surface area contributed by atoms with Gasteiger partial charge in [0.2, 0.25) is 0 Å². The maximum Gasteiger partial charge on any atom is 0.184 e. The molecule has 0 fully saturated rings. The maximum atomic E-state index is 5.90. The summed E-state index contributed by atoms with van der Waals surface area (Å²) in [7, 11) is 0. The molecule has 2 rings (SSSR count). The Labute approximate surface area is 132 Å². The smallest absolute Gasteiger partial charge is 0.184 e. The quantitative estimate of drug-likeness (QED) is 0.515. The molecule has 0 heterocycles. The van der Waals surface area contributed by atoms with Gasteiger partial charge in [-0.1, -0.05) is 47.5 Å². The lowest BCUT2D eigenvalue weighted by molar-refractivity contribution is 1.03. The molecule has 0 radical (unpaired) electrons. The summed E-state index contributed by atoms with van der Waals surface area (Å²) in [4.78, 5) is 0. The Balaban J connectivity index is 2.44. The van der Waals surface area contributed by atoms with Crippen LogP contribution in [0.4, 0.5) is 0 Å². The Morgan fingerprint density at radius 2 is 1.30 bits per heavy atom. The third-order valence-corrected chi connectivity index (χ3v) is 3.11. The summed E-state index contributed by atoms with van der Waals surface area (Å²) in [5, 5.41) is 5.66. The molecular weight excluding hydrogens is 313 g/mol. The highest BCUT2D eigenvalue weighted by molar-refractivity contribution is 7.80. The standard InChI is InChI=1S/C14H11Cl2N3S/c15-11-5-1-9(2-6-11)13(18-19-14(17)20)10-3-7-12(16)8-4-10/h1-8H,(H3,17,19,20). The van der Waals surface area contributed by atoms with Crippen LogP contribution in [0.5, 0.6) is 0 Å². The lowest BCUT2D eigenvalue weighted by atomic mass is 10.0. The van der Waals surface area contributed by atoms with E-state index in [0.29, 0.717) is 15.8 Å². The van der Waals surface area contributed by atoms with Gasteiger partial charge in [-0.3, -0.25) is 5.43 Å². The average molecular weight is 324 g/mol. The monoisotopic (exact) mass is 323 g/mol. The number of nitrogens with zero attached hydrogens (tertiary/aromatic N) is 1. The number of thiocarbonyl (C=S) groups is 1. The highest BCUT2D eigenvalue weighted by Gasteiger charge is 2.07. The largest absolute Gasteiger partial charge is 0.375 e. The van der Waals surface area contributed by atoms with Crippen molar-refractivity contribution in [1.82, 2.24) is 5.43 Å². The van der Waals surface area contributed by atoms with Gasteiger partial charge in [0.1, 0.15) is 0 Å². The Kier molecular flexibility index (Phi) is 4.95. The van der Waals surface area contributed by atoms with Crippen LogP contribution in [0.3, 0.4) is 0 Å². The number of hydrogen-bond acceptors (Lipinski definition) is 2. The third-order valence-electron chi connectivity index (χ3n) is 2.51. The van der Waals surface area contributed by atoms with E-state index < -0.39 is 0 Å². The van der Waals surface area contributed by atoms with Gasteiger partial charge in [-0.15, -0.1) is 0 Å². The molecule has 0 unspecified atom stereocenters. The molecule has 20 heavy (non-hydrogen) atoms. The number of rotatable bonds is 3. The Hall–Kier alpha value is -1.62. The van der Waals surface area contributed by atoms with E-state index in [4.69, 9.17) is 41.2 Å². The number of hydrazone groups is 1. The minimum Gasteiger partial charge on any atom is -0.375 e. The molecule has 3 N–H and O–H groups in total. The van der Waals surface area contributed by atoms with E-state index in [0.717, 1.165) is 11.1 Å². The van der Waals surface area contributed by atoms with Gasteiger partial charge in [-0.25, -0.2) is 0 Å². The molecule has 2 aromatic rings. The number of hydrogen-bond donors (Lipinski definition) is 2. The predicted molar refractivity (Wildman–Crippen MR) is 88.5 cm³/mol.